The predicted octanol–water partition coefficient (Wildman–Crippen LogP) is 1.30. The molecular weight excluding hydrogens is 236 g/mol. The summed E-state index contributed by atoms with van der Waals surface area (Å²) in [4.78, 5) is 0. The van der Waals surface area contributed by atoms with E-state index in [0.29, 0.717) is 6.42 Å². The topological polar surface area (TPSA) is 54.4 Å². The second-order valence-electron chi connectivity index (χ2n) is 5.02. The van der Waals surface area contributed by atoms with Crippen molar-refractivity contribution < 1.29 is 13.5 Å². The molecule has 1 saturated carbocycles. The van der Waals surface area contributed by atoms with Gasteiger partial charge in [0.2, 0.25) is 0 Å². The molecule has 1 aromatic rings. The van der Waals surface area contributed by atoms with E-state index in [-0.39, 0.29) is 17.8 Å². The number of rotatable bonds is 5. The van der Waals surface area contributed by atoms with Gasteiger partial charge in [0, 0.05) is 18.3 Å². The molecule has 0 atom stereocenters. The van der Waals surface area contributed by atoms with Crippen molar-refractivity contribution in [1.29, 1.82) is 0 Å². The van der Waals surface area contributed by atoms with Crippen LogP contribution in [0.25, 0.3) is 0 Å². The summed E-state index contributed by atoms with van der Waals surface area (Å²) in [5.41, 5.74) is 2.07. The van der Waals surface area contributed by atoms with E-state index < -0.39 is 9.84 Å². The fraction of sp³-hybridized carbons (Fsp3) is 0.538. The van der Waals surface area contributed by atoms with Crippen LogP contribution in [0.4, 0.5) is 0 Å². The van der Waals surface area contributed by atoms with E-state index in [4.69, 9.17) is 5.11 Å². The van der Waals surface area contributed by atoms with Gasteiger partial charge in [-0.05, 0) is 30.4 Å². The quantitative estimate of drug-likeness (QED) is 0.861. The number of aliphatic hydroxyl groups is 1. The maximum absolute atomic E-state index is 11.4. The molecule has 0 aliphatic heterocycles. The van der Waals surface area contributed by atoms with Gasteiger partial charge in [-0.3, -0.25) is 0 Å². The molecule has 0 heterocycles. The maximum Gasteiger partial charge on any atom is 0.148 e. The molecule has 0 saturated heterocycles. The molecule has 1 aliphatic rings. The van der Waals surface area contributed by atoms with Crippen LogP contribution >= 0.6 is 0 Å². The number of hydrogen-bond donors (Lipinski definition) is 1. The highest BCUT2D eigenvalue weighted by atomic mass is 32.2. The van der Waals surface area contributed by atoms with Crippen molar-refractivity contribution in [2.24, 2.45) is 0 Å². The monoisotopic (exact) mass is 254 g/mol. The molecule has 0 bridgehead atoms. The van der Waals surface area contributed by atoms with E-state index >= 15 is 0 Å². The van der Waals surface area contributed by atoms with E-state index in [2.05, 4.69) is 0 Å². The fourth-order valence-corrected chi connectivity index (χ4v) is 3.78. The SMILES string of the molecule is CS(=O)(=O)CC1(c2ccc(CCO)cc2)CC1. The van der Waals surface area contributed by atoms with Gasteiger partial charge in [-0.25, -0.2) is 8.42 Å². The molecule has 0 unspecified atom stereocenters. The molecule has 1 aliphatic carbocycles. The first-order valence-corrected chi connectivity index (χ1v) is 7.89. The Morgan fingerprint density at radius 3 is 2.24 bits per heavy atom. The standard InChI is InChI=1S/C13H18O3S/c1-17(15,16)10-13(7-8-13)12-4-2-11(3-5-12)6-9-14/h2-5,14H,6-10H2,1H3. The lowest BCUT2D eigenvalue weighted by molar-refractivity contribution is 0.299. The summed E-state index contributed by atoms with van der Waals surface area (Å²) in [5.74, 6) is 0.249. The maximum atomic E-state index is 11.4. The summed E-state index contributed by atoms with van der Waals surface area (Å²) in [6, 6.07) is 7.97. The lowest BCUT2D eigenvalue weighted by Crippen LogP contribution is -2.19. The molecule has 4 heteroatoms. The first kappa shape index (κ1) is 12.6. The zero-order valence-corrected chi connectivity index (χ0v) is 10.8. The molecule has 1 fully saturated rings. The van der Waals surface area contributed by atoms with Crippen molar-refractivity contribution in [2.75, 3.05) is 18.6 Å². The van der Waals surface area contributed by atoms with Crippen molar-refractivity contribution in [3.8, 4) is 0 Å². The Hall–Kier alpha value is -0.870. The molecule has 1 N–H and O–H groups in total. The summed E-state index contributed by atoms with van der Waals surface area (Å²) in [7, 11) is -2.93. The van der Waals surface area contributed by atoms with Gasteiger partial charge in [-0.15, -0.1) is 0 Å². The molecule has 17 heavy (non-hydrogen) atoms. The van der Waals surface area contributed by atoms with Gasteiger partial charge in [-0.2, -0.15) is 0 Å². The highest BCUT2D eigenvalue weighted by Gasteiger charge is 2.46. The molecule has 94 valence electrons. The highest BCUT2D eigenvalue weighted by molar-refractivity contribution is 7.90. The average molecular weight is 254 g/mol. The van der Waals surface area contributed by atoms with Gasteiger partial charge in [0.15, 0.2) is 0 Å². The van der Waals surface area contributed by atoms with Crippen LogP contribution in [0.2, 0.25) is 0 Å². The molecule has 0 amide bonds. The second kappa shape index (κ2) is 4.42. The van der Waals surface area contributed by atoms with Crippen LogP contribution in [-0.4, -0.2) is 32.1 Å². The minimum Gasteiger partial charge on any atom is -0.396 e. The molecule has 2 rings (SSSR count). The van der Waals surface area contributed by atoms with Crippen LogP contribution in [0.15, 0.2) is 24.3 Å². The third-order valence-electron chi connectivity index (χ3n) is 3.36. The first-order chi connectivity index (χ1) is 7.95. The van der Waals surface area contributed by atoms with Crippen molar-refractivity contribution in [3.63, 3.8) is 0 Å². The van der Waals surface area contributed by atoms with E-state index in [1.165, 1.54) is 6.26 Å². The lowest BCUT2D eigenvalue weighted by atomic mass is 9.96. The highest BCUT2D eigenvalue weighted by Crippen LogP contribution is 2.49. The summed E-state index contributed by atoms with van der Waals surface area (Å²) >= 11 is 0. The van der Waals surface area contributed by atoms with Crippen LogP contribution < -0.4 is 0 Å². The number of hydrogen-bond acceptors (Lipinski definition) is 3. The number of sulfone groups is 1. The van der Waals surface area contributed by atoms with Gasteiger partial charge in [0.25, 0.3) is 0 Å². The van der Waals surface area contributed by atoms with Gasteiger partial charge in [0.05, 0.1) is 5.75 Å². The van der Waals surface area contributed by atoms with Crippen LogP contribution in [0, 0.1) is 0 Å². The fourth-order valence-electron chi connectivity index (χ4n) is 2.32. The van der Waals surface area contributed by atoms with Crippen LogP contribution in [0.3, 0.4) is 0 Å². The minimum atomic E-state index is -2.93. The van der Waals surface area contributed by atoms with E-state index in [1.54, 1.807) is 0 Å². The smallest absolute Gasteiger partial charge is 0.148 e. The van der Waals surface area contributed by atoms with Gasteiger partial charge >= 0.3 is 0 Å². The minimum absolute atomic E-state index is 0.134. The summed E-state index contributed by atoms with van der Waals surface area (Å²) < 4.78 is 22.8. The zero-order valence-electron chi connectivity index (χ0n) is 10.0. The largest absolute Gasteiger partial charge is 0.396 e. The number of benzene rings is 1. The Morgan fingerprint density at radius 1 is 1.24 bits per heavy atom. The molecular formula is C13H18O3S. The van der Waals surface area contributed by atoms with Crippen molar-refractivity contribution in [3.05, 3.63) is 35.4 Å². The van der Waals surface area contributed by atoms with Crippen LogP contribution in [0.1, 0.15) is 24.0 Å². The van der Waals surface area contributed by atoms with Crippen LogP contribution in [-0.2, 0) is 21.7 Å². The van der Waals surface area contributed by atoms with Crippen molar-refractivity contribution in [2.45, 2.75) is 24.7 Å². The molecule has 0 aromatic heterocycles. The third-order valence-corrected chi connectivity index (χ3v) is 4.44. The Balaban J connectivity index is 2.17. The van der Waals surface area contributed by atoms with Crippen molar-refractivity contribution in [1.82, 2.24) is 0 Å². The zero-order chi connectivity index (χ0) is 12.5. The van der Waals surface area contributed by atoms with E-state index in [1.807, 2.05) is 24.3 Å². The molecule has 0 radical (unpaired) electrons. The Kier molecular flexibility index (Phi) is 3.27. The van der Waals surface area contributed by atoms with Gasteiger partial charge in [-0.1, -0.05) is 24.3 Å². The normalized spacial score (nSPS) is 18.0. The summed E-state index contributed by atoms with van der Waals surface area (Å²) in [6.45, 7) is 0.147. The van der Waals surface area contributed by atoms with Gasteiger partial charge in [0.1, 0.15) is 9.84 Å². The third kappa shape index (κ3) is 3.07. The second-order valence-corrected chi connectivity index (χ2v) is 7.16. The summed E-state index contributed by atoms with van der Waals surface area (Å²) in [6.07, 6.45) is 3.87. The van der Waals surface area contributed by atoms with Crippen LogP contribution in [0.5, 0.6) is 0 Å². The average Bonchev–Trinajstić information content (AvgIpc) is 2.98. The summed E-state index contributed by atoms with van der Waals surface area (Å²) in [5, 5.41) is 8.83. The Labute approximate surface area is 102 Å². The predicted molar refractivity (Wildman–Crippen MR) is 67.9 cm³/mol. The molecule has 0 spiro atoms. The van der Waals surface area contributed by atoms with Crippen molar-refractivity contribution >= 4 is 9.84 Å². The van der Waals surface area contributed by atoms with Gasteiger partial charge < -0.3 is 5.11 Å². The molecule has 3 nitrogen and oxygen atoms in total. The number of aliphatic hydroxyl groups excluding tert-OH is 1. The molecule has 1 aromatic carbocycles. The lowest BCUT2D eigenvalue weighted by Gasteiger charge is -2.14. The Bertz CT molecular complexity index is 484. The first-order valence-electron chi connectivity index (χ1n) is 5.83. The Morgan fingerprint density at radius 2 is 1.82 bits per heavy atom. The van der Waals surface area contributed by atoms with E-state index in [9.17, 15) is 8.42 Å². The van der Waals surface area contributed by atoms with E-state index in [0.717, 1.165) is 24.0 Å².